The molecule has 1 atom stereocenters. The molecule has 0 aromatic rings. The molecule has 0 saturated carbocycles. The number of carbonyl (C=O) groups excluding carboxylic acids is 2. The maximum absolute atomic E-state index is 11.8. The van der Waals surface area contributed by atoms with Gasteiger partial charge in [-0.3, -0.25) is 4.79 Å². The molecule has 0 radical (unpaired) electrons. The Bertz CT molecular complexity index is 282. The van der Waals surface area contributed by atoms with E-state index in [0.717, 1.165) is 25.7 Å². The number of unbranched alkanes of at least 4 members (excludes halogenated alkanes) is 2. The molecule has 1 unspecified atom stereocenters. The second-order valence-corrected chi connectivity index (χ2v) is 6.20. The quantitative estimate of drug-likeness (QED) is 0.517. The molecule has 0 heterocycles. The van der Waals surface area contributed by atoms with Crippen molar-refractivity contribution >= 4 is 11.8 Å². The average Bonchev–Trinajstić information content (AvgIpc) is 2.20. The molecule has 0 aliphatic heterocycles. The molecular weight excluding hydrogens is 242 g/mol. The maximum atomic E-state index is 11.8. The van der Waals surface area contributed by atoms with Crippen molar-refractivity contribution in [3.05, 3.63) is 0 Å². The van der Waals surface area contributed by atoms with Crippen LogP contribution in [-0.2, 0) is 14.3 Å². The summed E-state index contributed by atoms with van der Waals surface area (Å²) in [5, 5.41) is 0. The van der Waals surface area contributed by atoms with Gasteiger partial charge in [-0.25, -0.2) is 0 Å². The third-order valence-corrected chi connectivity index (χ3v) is 2.77. The first-order valence-corrected chi connectivity index (χ1v) is 7.16. The number of hydrogen-bond donors (Lipinski definition) is 1. The summed E-state index contributed by atoms with van der Waals surface area (Å²) in [5.41, 5.74) is 4.99. The Morgan fingerprint density at radius 1 is 1.11 bits per heavy atom. The van der Waals surface area contributed by atoms with Crippen LogP contribution in [-0.4, -0.2) is 23.9 Å². The molecule has 112 valence electrons. The molecule has 0 fully saturated rings. The van der Waals surface area contributed by atoms with Crippen LogP contribution in [0.1, 0.15) is 66.2 Å². The number of esters is 1. The third-order valence-electron chi connectivity index (χ3n) is 2.77. The highest BCUT2D eigenvalue weighted by Crippen LogP contribution is 2.20. The fourth-order valence-corrected chi connectivity index (χ4v) is 2.06. The summed E-state index contributed by atoms with van der Waals surface area (Å²) in [6.45, 7) is 7.83. The Morgan fingerprint density at radius 3 is 2.21 bits per heavy atom. The second-order valence-electron chi connectivity index (χ2n) is 6.20. The molecule has 0 aliphatic carbocycles. The highest BCUT2D eigenvalue weighted by molar-refractivity contribution is 5.77. The number of rotatable bonds is 9. The summed E-state index contributed by atoms with van der Waals surface area (Å²) < 4.78 is 5.31. The molecule has 0 aliphatic rings. The van der Waals surface area contributed by atoms with Gasteiger partial charge >= 0.3 is 5.97 Å². The SMILES string of the molecule is CC(=O)CC(CCCCCN)CC(=O)OC(C)(C)C. The molecule has 19 heavy (non-hydrogen) atoms. The van der Waals surface area contributed by atoms with E-state index in [2.05, 4.69) is 0 Å². The Morgan fingerprint density at radius 2 is 1.74 bits per heavy atom. The first kappa shape index (κ1) is 18.1. The smallest absolute Gasteiger partial charge is 0.306 e. The summed E-state index contributed by atoms with van der Waals surface area (Å²) >= 11 is 0. The van der Waals surface area contributed by atoms with Crippen LogP contribution in [0.3, 0.4) is 0 Å². The number of hydrogen-bond acceptors (Lipinski definition) is 4. The minimum atomic E-state index is -0.461. The van der Waals surface area contributed by atoms with Crippen molar-refractivity contribution < 1.29 is 14.3 Å². The summed E-state index contributed by atoms with van der Waals surface area (Å²) in [6.07, 6.45) is 4.75. The van der Waals surface area contributed by atoms with Gasteiger partial charge in [0.15, 0.2) is 0 Å². The van der Waals surface area contributed by atoms with Gasteiger partial charge in [-0.2, -0.15) is 0 Å². The van der Waals surface area contributed by atoms with E-state index in [1.165, 1.54) is 0 Å². The zero-order valence-electron chi connectivity index (χ0n) is 12.8. The number of carbonyl (C=O) groups is 2. The lowest BCUT2D eigenvalue weighted by Crippen LogP contribution is -2.25. The summed E-state index contributed by atoms with van der Waals surface area (Å²) in [5.74, 6) is 0.0232. The third kappa shape index (κ3) is 11.9. The summed E-state index contributed by atoms with van der Waals surface area (Å²) in [4.78, 5) is 23.0. The Labute approximate surface area is 117 Å². The minimum Gasteiger partial charge on any atom is -0.460 e. The average molecular weight is 271 g/mol. The van der Waals surface area contributed by atoms with Crippen LogP contribution in [0, 0.1) is 5.92 Å². The van der Waals surface area contributed by atoms with Gasteiger partial charge in [-0.05, 0) is 53.0 Å². The predicted molar refractivity (Wildman–Crippen MR) is 76.8 cm³/mol. The lowest BCUT2D eigenvalue weighted by Gasteiger charge is -2.22. The van der Waals surface area contributed by atoms with Crippen molar-refractivity contribution in [1.82, 2.24) is 0 Å². The van der Waals surface area contributed by atoms with Crippen LogP contribution in [0.25, 0.3) is 0 Å². The Hall–Kier alpha value is -0.900. The van der Waals surface area contributed by atoms with Crippen molar-refractivity contribution in [3.63, 3.8) is 0 Å². The Kier molecular flexibility index (Phi) is 8.65. The highest BCUT2D eigenvalue weighted by Gasteiger charge is 2.21. The fourth-order valence-electron chi connectivity index (χ4n) is 2.06. The number of ketones is 1. The molecule has 0 saturated heterocycles. The van der Waals surface area contributed by atoms with E-state index in [1.807, 2.05) is 20.8 Å². The van der Waals surface area contributed by atoms with E-state index in [-0.39, 0.29) is 17.7 Å². The lowest BCUT2D eigenvalue weighted by atomic mass is 9.93. The highest BCUT2D eigenvalue weighted by atomic mass is 16.6. The van der Waals surface area contributed by atoms with E-state index in [0.29, 0.717) is 19.4 Å². The van der Waals surface area contributed by atoms with Gasteiger partial charge in [-0.1, -0.05) is 12.8 Å². The second kappa shape index (κ2) is 9.08. The van der Waals surface area contributed by atoms with Gasteiger partial charge in [0, 0.05) is 12.8 Å². The normalized spacial score (nSPS) is 13.1. The van der Waals surface area contributed by atoms with E-state index in [1.54, 1.807) is 6.92 Å². The van der Waals surface area contributed by atoms with Gasteiger partial charge < -0.3 is 15.3 Å². The molecule has 0 aromatic carbocycles. The molecule has 0 aromatic heterocycles. The van der Waals surface area contributed by atoms with Gasteiger partial charge in [-0.15, -0.1) is 0 Å². The molecule has 0 amide bonds. The van der Waals surface area contributed by atoms with Gasteiger partial charge in [0.2, 0.25) is 0 Å². The zero-order chi connectivity index (χ0) is 14.9. The molecule has 0 rings (SSSR count). The Balaban J connectivity index is 4.18. The topological polar surface area (TPSA) is 69.4 Å². The molecule has 4 heteroatoms. The lowest BCUT2D eigenvalue weighted by molar-refractivity contribution is -0.156. The van der Waals surface area contributed by atoms with Crippen molar-refractivity contribution in [3.8, 4) is 0 Å². The molecule has 2 N–H and O–H groups in total. The van der Waals surface area contributed by atoms with Crippen molar-refractivity contribution in [1.29, 1.82) is 0 Å². The van der Waals surface area contributed by atoms with Crippen LogP contribution < -0.4 is 5.73 Å². The predicted octanol–water partition coefficient (Wildman–Crippen LogP) is 2.83. The number of Topliss-reactive ketones (excluding diaryl/α,β-unsaturated/α-hetero) is 1. The first-order chi connectivity index (χ1) is 8.74. The summed E-state index contributed by atoms with van der Waals surface area (Å²) in [6, 6.07) is 0. The van der Waals surface area contributed by atoms with Crippen molar-refractivity contribution in [2.75, 3.05) is 6.54 Å². The van der Waals surface area contributed by atoms with Gasteiger partial charge in [0.1, 0.15) is 11.4 Å². The van der Waals surface area contributed by atoms with E-state index in [9.17, 15) is 9.59 Å². The first-order valence-electron chi connectivity index (χ1n) is 7.16. The van der Waals surface area contributed by atoms with E-state index < -0.39 is 5.60 Å². The zero-order valence-corrected chi connectivity index (χ0v) is 12.8. The molecular formula is C15H29NO3. The molecule has 0 spiro atoms. The monoisotopic (exact) mass is 271 g/mol. The fraction of sp³-hybridized carbons (Fsp3) is 0.867. The van der Waals surface area contributed by atoms with E-state index in [4.69, 9.17) is 10.5 Å². The molecule has 4 nitrogen and oxygen atoms in total. The summed E-state index contributed by atoms with van der Waals surface area (Å²) in [7, 11) is 0. The van der Waals surface area contributed by atoms with E-state index >= 15 is 0 Å². The van der Waals surface area contributed by atoms with Crippen LogP contribution in [0.2, 0.25) is 0 Å². The number of nitrogens with two attached hydrogens (primary N) is 1. The van der Waals surface area contributed by atoms with Crippen molar-refractivity contribution in [2.24, 2.45) is 11.7 Å². The van der Waals surface area contributed by atoms with Crippen LogP contribution in [0.4, 0.5) is 0 Å². The maximum Gasteiger partial charge on any atom is 0.306 e. The van der Waals surface area contributed by atoms with Crippen LogP contribution in [0.5, 0.6) is 0 Å². The van der Waals surface area contributed by atoms with Gasteiger partial charge in [0.05, 0.1) is 0 Å². The van der Waals surface area contributed by atoms with Gasteiger partial charge in [0.25, 0.3) is 0 Å². The van der Waals surface area contributed by atoms with Crippen molar-refractivity contribution in [2.45, 2.75) is 71.8 Å². The standard InChI is InChI=1S/C15H29NO3/c1-12(17)10-13(8-6-5-7-9-16)11-14(18)19-15(2,3)4/h13H,5-11,16H2,1-4H3. The minimum absolute atomic E-state index is 0.102. The molecule has 0 bridgehead atoms. The van der Waals surface area contributed by atoms with Crippen LogP contribution in [0.15, 0.2) is 0 Å². The van der Waals surface area contributed by atoms with Crippen LogP contribution >= 0.6 is 0 Å². The number of ether oxygens (including phenoxy) is 1. The largest absolute Gasteiger partial charge is 0.460 e.